The molecule has 0 atom stereocenters. The highest BCUT2D eigenvalue weighted by Crippen LogP contribution is 2.20. The summed E-state index contributed by atoms with van der Waals surface area (Å²) in [6, 6.07) is 16.7. The number of aryl methyl sites for hydroxylation is 1. The second-order valence-corrected chi connectivity index (χ2v) is 12.0. The molecule has 0 aliphatic carbocycles. The van der Waals surface area contributed by atoms with Crippen LogP contribution in [-0.4, -0.2) is 33.9 Å². The van der Waals surface area contributed by atoms with Crippen molar-refractivity contribution < 1.29 is 4.74 Å². The lowest BCUT2D eigenvalue weighted by atomic mass is 10.0. The van der Waals surface area contributed by atoms with Crippen LogP contribution in [0.4, 0.5) is 11.4 Å². The molecule has 214 valence electrons. The number of nitrogens with zero attached hydrogens (tertiary/aromatic N) is 3. The monoisotopic (exact) mass is 526 g/mol. The summed E-state index contributed by atoms with van der Waals surface area (Å²) in [6.45, 7) is 24.3. The van der Waals surface area contributed by atoms with E-state index in [1.165, 1.54) is 41.7 Å². The van der Waals surface area contributed by atoms with Crippen LogP contribution in [0.15, 0.2) is 54.9 Å². The number of benzene rings is 2. The third-order valence-electron chi connectivity index (χ3n) is 3.86. The summed E-state index contributed by atoms with van der Waals surface area (Å²) in [6.07, 6.45) is 3.85. The first kappa shape index (κ1) is 35.1. The Hall–Kier alpha value is -2.93. The van der Waals surface area contributed by atoms with Crippen molar-refractivity contribution in [2.45, 2.75) is 88.7 Å². The number of hydrogen-bond donors (Lipinski definition) is 3. The molecule has 7 nitrogen and oxygen atoms in total. The number of H-pyrrole nitrogens is 1. The number of tetrazole rings is 1. The number of aromatic nitrogens is 4. The molecule has 3 heterocycles. The van der Waals surface area contributed by atoms with Crippen LogP contribution in [0.25, 0.3) is 0 Å². The molecule has 3 aromatic rings. The van der Waals surface area contributed by atoms with Gasteiger partial charge in [-0.15, -0.1) is 10.2 Å². The average molecular weight is 527 g/mol. The van der Waals surface area contributed by atoms with Gasteiger partial charge < -0.3 is 15.4 Å². The second-order valence-electron chi connectivity index (χ2n) is 12.0. The SMILES string of the molecule is CC(C)(C)C.CC(C)C.CC(C)C.c1ccc2c(c1)CCCN2.c1ccc2c(c1)COCN2.c1nn[nH]n1. The largest absolute Gasteiger partial charge is 0.385 e. The lowest BCUT2D eigenvalue weighted by Crippen LogP contribution is -2.13. The molecule has 0 unspecified atom stereocenters. The van der Waals surface area contributed by atoms with Gasteiger partial charge in [-0.3, -0.25) is 0 Å². The highest BCUT2D eigenvalue weighted by molar-refractivity contribution is 5.52. The van der Waals surface area contributed by atoms with Crippen LogP contribution in [0.1, 0.15) is 86.8 Å². The van der Waals surface area contributed by atoms with Crippen molar-refractivity contribution in [1.82, 2.24) is 20.6 Å². The second kappa shape index (κ2) is 21.1. The van der Waals surface area contributed by atoms with Gasteiger partial charge in [0.25, 0.3) is 0 Å². The van der Waals surface area contributed by atoms with Crippen molar-refractivity contribution in [1.29, 1.82) is 0 Å². The van der Waals surface area contributed by atoms with Gasteiger partial charge in [0, 0.05) is 23.5 Å². The Balaban J connectivity index is 0.000000457. The molecule has 0 amide bonds. The van der Waals surface area contributed by atoms with Gasteiger partial charge in [0.2, 0.25) is 0 Å². The number of aromatic amines is 1. The Morgan fingerprint density at radius 1 is 0.763 bits per heavy atom. The number of fused-ring (bicyclic) bond motifs is 2. The van der Waals surface area contributed by atoms with Gasteiger partial charge in [0.1, 0.15) is 6.73 Å². The zero-order valence-corrected chi connectivity index (χ0v) is 25.6. The summed E-state index contributed by atoms with van der Waals surface area (Å²) >= 11 is 0. The lowest BCUT2D eigenvalue weighted by Gasteiger charge is -2.17. The smallest absolute Gasteiger partial charge is 0.161 e. The van der Waals surface area contributed by atoms with Gasteiger partial charge >= 0.3 is 0 Å². The number of nitrogens with one attached hydrogen (secondary N) is 3. The number of rotatable bonds is 0. The predicted molar refractivity (Wildman–Crippen MR) is 163 cm³/mol. The first-order valence-electron chi connectivity index (χ1n) is 13.8. The molecule has 3 N–H and O–H groups in total. The molecular weight excluding hydrogens is 472 g/mol. The molecular formula is C31H54N6O. The Kier molecular flexibility index (Phi) is 19.4. The van der Waals surface area contributed by atoms with E-state index in [1.54, 1.807) is 0 Å². The van der Waals surface area contributed by atoms with Crippen LogP contribution in [0, 0.1) is 17.3 Å². The average Bonchev–Trinajstić information content (AvgIpc) is 3.43. The molecule has 0 fully saturated rings. The third-order valence-corrected chi connectivity index (χ3v) is 3.86. The van der Waals surface area contributed by atoms with Crippen LogP contribution in [-0.2, 0) is 17.8 Å². The Bertz CT molecular complexity index is 784. The summed E-state index contributed by atoms with van der Waals surface area (Å²) in [5.41, 5.74) is 5.74. The fourth-order valence-corrected chi connectivity index (χ4v) is 2.65. The van der Waals surface area contributed by atoms with Crippen molar-refractivity contribution in [3.63, 3.8) is 0 Å². The van der Waals surface area contributed by atoms with E-state index in [0.717, 1.165) is 25.0 Å². The Labute approximate surface area is 232 Å². The molecule has 1 aromatic heterocycles. The quantitative estimate of drug-likeness (QED) is 0.273. The highest BCUT2D eigenvalue weighted by atomic mass is 16.5. The number of para-hydroxylation sites is 2. The third kappa shape index (κ3) is 23.5. The zero-order valence-electron chi connectivity index (χ0n) is 25.6. The van der Waals surface area contributed by atoms with Gasteiger partial charge in [-0.1, -0.05) is 111 Å². The van der Waals surface area contributed by atoms with Crippen LogP contribution < -0.4 is 10.6 Å². The maximum atomic E-state index is 5.18. The van der Waals surface area contributed by atoms with Crippen molar-refractivity contribution in [3.05, 3.63) is 66.0 Å². The molecule has 2 aromatic carbocycles. The first-order valence-corrected chi connectivity index (χ1v) is 13.8. The van der Waals surface area contributed by atoms with Crippen LogP contribution in [0.5, 0.6) is 0 Å². The van der Waals surface area contributed by atoms with Gasteiger partial charge in [0.15, 0.2) is 6.33 Å². The zero-order chi connectivity index (χ0) is 28.8. The van der Waals surface area contributed by atoms with Crippen LogP contribution >= 0.6 is 0 Å². The van der Waals surface area contributed by atoms with Crippen LogP contribution in [0.3, 0.4) is 0 Å². The molecule has 0 radical (unpaired) electrons. The van der Waals surface area contributed by atoms with Gasteiger partial charge in [-0.05, 0) is 47.8 Å². The Morgan fingerprint density at radius 2 is 1.26 bits per heavy atom. The van der Waals surface area contributed by atoms with Gasteiger partial charge in [-0.25, -0.2) is 0 Å². The van der Waals surface area contributed by atoms with Crippen molar-refractivity contribution >= 4 is 11.4 Å². The summed E-state index contributed by atoms with van der Waals surface area (Å²) in [7, 11) is 0. The summed E-state index contributed by atoms with van der Waals surface area (Å²) in [5, 5.41) is 18.7. The predicted octanol–water partition coefficient (Wildman–Crippen LogP) is 8.21. The van der Waals surface area contributed by atoms with Crippen molar-refractivity contribution in [2.24, 2.45) is 17.3 Å². The molecule has 2 aliphatic heterocycles. The molecule has 38 heavy (non-hydrogen) atoms. The Morgan fingerprint density at radius 3 is 1.68 bits per heavy atom. The standard InChI is InChI=1S/C9H11N.C8H9NO.C5H12.2C4H10.CH2N4/c1-2-6-9-8(4-1)5-3-7-10-9;1-2-4-8-7(3-1)5-10-6-9-8;1-5(2,3)4;2*1-4(2)3;1-2-4-5-3-1/h1-2,4,6,10H,3,5,7H2;1-4,9H,5-6H2;1-4H3;2*4H,1-3H3;1H,(H,2,3,4,5). The van der Waals surface area contributed by atoms with E-state index >= 15 is 0 Å². The van der Waals surface area contributed by atoms with E-state index in [-0.39, 0.29) is 0 Å². The van der Waals surface area contributed by atoms with Crippen LogP contribution in [0.2, 0.25) is 0 Å². The molecule has 5 rings (SSSR count). The van der Waals surface area contributed by atoms with E-state index in [1.807, 2.05) is 12.1 Å². The van der Waals surface area contributed by atoms with E-state index in [9.17, 15) is 0 Å². The normalized spacial score (nSPS) is 12.7. The minimum absolute atomic E-state index is 0.500. The molecule has 0 spiro atoms. The fraction of sp³-hybridized carbons (Fsp3) is 0.581. The van der Waals surface area contributed by atoms with E-state index in [2.05, 4.69) is 137 Å². The van der Waals surface area contributed by atoms with Crippen molar-refractivity contribution in [2.75, 3.05) is 23.9 Å². The minimum Gasteiger partial charge on any atom is -0.385 e. The maximum absolute atomic E-state index is 5.18. The first-order chi connectivity index (χ1) is 17.9. The molecule has 2 aliphatic rings. The summed E-state index contributed by atoms with van der Waals surface area (Å²) < 4.78 is 5.18. The molecule has 7 heteroatoms. The topological polar surface area (TPSA) is 87.8 Å². The van der Waals surface area contributed by atoms with Gasteiger partial charge in [-0.2, -0.15) is 5.21 Å². The van der Waals surface area contributed by atoms with Gasteiger partial charge in [0.05, 0.1) is 6.61 Å². The van der Waals surface area contributed by atoms with E-state index in [4.69, 9.17) is 4.74 Å². The summed E-state index contributed by atoms with van der Waals surface area (Å²) in [5.74, 6) is 1.67. The highest BCUT2D eigenvalue weighted by Gasteiger charge is 2.05. The summed E-state index contributed by atoms with van der Waals surface area (Å²) in [4.78, 5) is 0. The molecule has 0 saturated heterocycles. The molecule has 0 saturated carbocycles. The molecule has 0 bridgehead atoms. The van der Waals surface area contributed by atoms with E-state index < -0.39 is 0 Å². The number of hydrogen-bond acceptors (Lipinski definition) is 6. The van der Waals surface area contributed by atoms with E-state index in [0.29, 0.717) is 12.1 Å². The minimum atomic E-state index is 0.500. The lowest BCUT2D eigenvalue weighted by molar-refractivity contribution is 0.130. The number of ether oxygens (including phenoxy) is 1. The fourth-order valence-electron chi connectivity index (χ4n) is 2.65. The number of anilines is 2. The maximum Gasteiger partial charge on any atom is 0.161 e. The van der Waals surface area contributed by atoms with Crippen molar-refractivity contribution in [3.8, 4) is 0 Å².